The summed E-state index contributed by atoms with van der Waals surface area (Å²) in [6.07, 6.45) is 1.81. The molecule has 1 saturated carbocycles. The van der Waals surface area contributed by atoms with E-state index >= 15 is 0 Å². The number of hydrogen-bond donors (Lipinski definition) is 2. The molecular formula is C10H16N2O5S. The van der Waals surface area contributed by atoms with E-state index in [-0.39, 0.29) is 29.3 Å². The molecule has 0 heterocycles. The van der Waals surface area contributed by atoms with E-state index in [1.54, 1.807) is 0 Å². The maximum atomic E-state index is 11.7. The van der Waals surface area contributed by atoms with E-state index in [9.17, 15) is 18.6 Å². The third kappa shape index (κ3) is 4.82. The first-order chi connectivity index (χ1) is 8.37. The highest BCUT2D eigenvalue weighted by Gasteiger charge is 2.46. The van der Waals surface area contributed by atoms with Gasteiger partial charge in [0.15, 0.2) is 0 Å². The lowest BCUT2D eigenvalue weighted by Crippen LogP contribution is -2.38. The molecule has 1 unspecified atom stereocenters. The van der Waals surface area contributed by atoms with Crippen LogP contribution in [-0.2, 0) is 25.1 Å². The normalized spacial score (nSPS) is 17.6. The zero-order valence-corrected chi connectivity index (χ0v) is 10.9. The molecule has 3 N–H and O–H groups in total. The van der Waals surface area contributed by atoms with Crippen molar-refractivity contribution in [2.24, 2.45) is 11.1 Å². The Morgan fingerprint density at radius 3 is 2.44 bits per heavy atom. The van der Waals surface area contributed by atoms with Gasteiger partial charge in [-0.1, -0.05) is 0 Å². The summed E-state index contributed by atoms with van der Waals surface area (Å²) in [4.78, 5) is 32.7. The number of ether oxygens (including phenoxy) is 1. The minimum absolute atomic E-state index is 0.215. The minimum Gasteiger partial charge on any atom is -0.469 e. The van der Waals surface area contributed by atoms with Crippen LogP contribution in [0.2, 0.25) is 0 Å². The van der Waals surface area contributed by atoms with Crippen LogP contribution in [0.25, 0.3) is 0 Å². The van der Waals surface area contributed by atoms with Crippen molar-refractivity contribution < 1.29 is 23.3 Å². The number of hydrogen-bond acceptors (Lipinski definition) is 5. The third-order valence-electron chi connectivity index (χ3n) is 2.73. The Morgan fingerprint density at radius 2 is 2.00 bits per heavy atom. The van der Waals surface area contributed by atoms with Crippen LogP contribution in [0.5, 0.6) is 0 Å². The van der Waals surface area contributed by atoms with Gasteiger partial charge in [-0.3, -0.25) is 19.1 Å². The zero-order valence-electron chi connectivity index (χ0n) is 10.1. The Bertz CT molecular complexity index is 392. The van der Waals surface area contributed by atoms with Crippen LogP contribution in [-0.4, -0.2) is 40.7 Å². The Hall–Kier alpha value is -1.44. The average Bonchev–Trinajstić information content (AvgIpc) is 2.95. The molecule has 0 spiro atoms. The first kappa shape index (κ1) is 14.6. The number of carbonyl (C=O) groups excluding carboxylic acids is 3. The summed E-state index contributed by atoms with van der Waals surface area (Å²) in [5, 5.41) is 1.85. The fraction of sp³-hybridized carbons (Fsp3) is 0.700. The van der Waals surface area contributed by atoms with Crippen molar-refractivity contribution in [3.8, 4) is 0 Å². The van der Waals surface area contributed by atoms with Crippen molar-refractivity contribution in [3.63, 3.8) is 0 Å². The van der Waals surface area contributed by atoms with E-state index in [4.69, 9.17) is 5.73 Å². The molecule has 0 aliphatic heterocycles. The van der Waals surface area contributed by atoms with E-state index in [0.717, 1.165) is 12.8 Å². The van der Waals surface area contributed by atoms with Crippen LogP contribution in [0.15, 0.2) is 0 Å². The summed E-state index contributed by atoms with van der Waals surface area (Å²) in [7, 11) is -0.118. The fourth-order valence-electron chi connectivity index (χ4n) is 1.64. The standard InChI is InChI=1S/C10H16N2O5S/c1-17-8(14)4-10(2-3-10)6-18(16)5-7(13)12-9(11)15/h2-6H2,1H3,(H3,11,12,13,15). The van der Waals surface area contributed by atoms with Crippen molar-refractivity contribution in [2.45, 2.75) is 19.3 Å². The van der Waals surface area contributed by atoms with Gasteiger partial charge >= 0.3 is 12.0 Å². The fourth-order valence-corrected chi connectivity index (χ4v) is 3.18. The van der Waals surface area contributed by atoms with Crippen molar-refractivity contribution in [3.05, 3.63) is 0 Å². The van der Waals surface area contributed by atoms with Gasteiger partial charge in [-0.25, -0.2) is 4.79 Å². The van der Waals surface area contributed by atoms with E-state index in [0.29, 0.717) is 0 Å². The second kappa shape index (κ2) is 5.94. The van der Waals surface area contributed by atoms with Crippen LogP contribution in [0.1, 0.15) is 19.3 Å². The molecule has 8 heteroatoms. The Balaban J connectivity index is 2.38. The molecule has 1 atom stereocenters. The lowest BCUT2D eigenvalue weighted by atomic mass is 10.1. The van der Waals surface area contributed by atoms with E-state index in [1.807, 2.05) is 5.32 Å². The molecule has 1 aliphatic rings. The van der Waals surface area contributed by atoms with Crippen molar-refractivity contribution in [2.75, 3.05) is 18.6 Å². The summed E-state index contributed by atoms with van der Waals surface area (Å²) in [5.74, 6) is -1.04. The molecule has 102 valence electrons. The predicted molar refractivity (Wildman–Crippen MR) is 63.9 cm³/mol. The van der Waals surface area contributed by atoms with Gasteiger partial charge in [0.1, 0.15) is 5.75 Å². The lowest BCUT2D eigenvalue weighted by molar-refractivity contribution is -0.141. The van der Waals surface area contributed by atoms with Gasteiger partial charge in [-0.15, -0.1) is 0 Å². The van der Waals surface area contributed by atoms with Crippen LogP contribution in [0.3, 0.4) is 0 Å². The van der Waals surface area contributed by atoms with Gasteiger partial charge in [-0.2, -0.15) is 0 Å². The first-order valence-corrected chi connectivity index (χ1v) is 6.87. The van der Waals surface area contributed by atoms with Gasteiger partial charge in [0, 0.05) is 16.6 Å². The van der Waals surface area contributed by atoms with Gasteiger partial charge in [0.2, 0.25) is 5.91 Å². The summed E-state index contributed by atoms with van der Waals surface area (Å²) >= 11 is 0. The molecule has 3 amide bonds. The van der Waals surface area contributed by atoms with Gasteiger partial charge in [0.25, 0.3) is 0 Å². The molecule has 7 nitrogen and oxygen atoms in total. The monoisotopic (exact) mass is 276 g/mol. The second-order valence-corrected chi connectivity index (χ2v) is 5.85. The molecule has 1 aliphatic carbocycles. The maximum Gasteiger partial charge on any atom is 0.318 e. The molecule has 1 rings (SSSR count). The van der Waals surface area contributed by atoms with Crippen LogP contribution in [0.4, 0.5) is 4.79 Å². The van der Waals surface area contributed by atoms with Crippen molar-refractivity contribution >= 4 is 28.7 Å². The largest absolute Gasteiger partial charge is 0.469 e. The minimum atomic E-state index is -1.42. The molecule has 0 aromatic rings. The van der Waals surface area contributed by atoms with Gasteiger partial charge in [0.05, 0.1) is 13.5 Å². The Morgan fingerprint density at radius 1 is 1.39 bits per heavy atom. The summed E-state index contributed by atoms with van der Waals surface area (Å²) in [6, 6.07) is -0.965. The number of methoxy groups -OCH3 is 1. The quantitative estimate of drug-likeness (QED) is 0.621. The van der Waals surface area contributed by atoms with Crippen molar-refractivity contribution in [1.82, 2.24) is 5.32 Å². The number of primary amides is 1. The van der Waals surface area contributed by atoms with E-state index < -0.39 is 22.7 Å². The van der Waals surface area contributed by atoms with E-state index in [1.165, 1.54) is 7.11 Å². The number of nitrogens with one attached hydrogen (secondary N) is 1. The highest BCUT2D eigenvalue weighted by atomic mass is 32.2. The third-order valence-corrected chi connectivity index (χ3v) is 4.24. The number of rotatable bonds is 6. The highest BCUT2D eigenvalue weighted by Crippen LogP contribution is 2.49. The molecule has 0 aromatic heterocycles. The van der Waals surface area contributed by atoms with E-state index in [2.05, 4.69) is 4.74 Å². The molecule has 0 aromatic carbocycles. The summed E-state index contributed by atoms with van der Waals surface area (Å²) in [5.41, 5.74) is 4.46. The Labute approximate surface area is 107 Å². The molecule has 18 heavy (non-hydrogen) atoms. The second-order valence-electron chi connectivity index (χ2n) is 4.39. The highest BCUT2D eigenvalue weighted by molar-refractivity contribution is 7.85. The SMILES string of the molecule is COC(=O)CC1(CS(=O)CC(=O)NC(N)=O)CC1. The number of nitrogens with two attached hydrogens (primary N) is 1. The summed E-state index contributed by atoms with van der Waals surface area (Å²) in [6.45, 7) is 0. The van der Waals surface area contributed by atoms with Gasteiger partial charge in [-0.05, 0) is 18.3 Å². The maximum absolute atomic E-state index is 11.7. The predicted octanol–water partition coefficient (Wildman–Crippen LogP) is -0.727. The van der Waals surface area contributed by atoms with Gasteiger partial charge < -0.3 is 10.5 Å². The molecule has 0 bridgehead atoms. The smallest absolute Gasteiger partial charge is 0.318 e. The molecular weight excluding hydrogens is 260 g/mol. The Kier molecular flexibility index (Phi) is 4.83. The van der Waals surface area contributed by atoms with Crippen LogP contribution < -0.4 is 11.1 Å². The number of imide groups is 1. The number of esters is 1. The zero-order chi connectivity index (χ0) is 13.8. The first-order valence-electron chi connectivity index (χ1n) is 5.38. The number of carbonyl (C=O) groups is 3. The molecule has 0 radical (unpaired) electrons. The lowest BCUT2D eigenvalue weighted by Gasteiger charge is -2.12. The number of urea groups is 1. The van der Waals surface area contributed by atoms with Crippen LogP contribution >= 0.6 is 0 Å². The molecule has 0 saturated heterocycles. The summed E-state index contributed by atoms with van der Waals surface area (Å²) < 4.78 is 16.3. The van der Waals surface area contributed by atoms with Crippen LogP contribution in [0, 0.1) is 5.41 Å². The molecule has 1 fully saturated rings. The average molecular weight is 276 g/mol. The topological polar surface area (TPSA) is 116 Å². The number of amides is 3. The van der Waals surface area contributed by atoms with Crippen molar-refractivity contribution in [1.29, 1.82) is 0 Å².